The normalized spacial score (nSPS) is 23.6. The Hall–Kier alpha value is -0.610. The molecule has 4 nitrogen and oxygen atoms in total. The number of carbonyl (C=O) groups is 1. The van der Waals surface area contributed by atoms with E-state index in [2.05, 4.69) is 17.3 Å². The van der Waals surface area contributed by atoms with E-state index in [1.807, 2.05) is 0 Å². The predicted octanol–water partition coefficient (Wildman–Crippen LogP) is -0.597. The molecule has 0 spiro atoms. The van der Waals surface area contributed by atoms with E-state index in [1.165, 1.54) is 19.5 Å². The van der Waals surface area contributed by atoms with E-state index in [0.717, 1.165) is 19.0 Å². The lowest BCUT2D eigenvalue weighted by atomic mass is 10.1. The van der Waals surface area contributed by atoms with E-state index >= 15 is 0 Å². The molecule has 13 heavy (non-hydrogen) atoms. The first-order chi connectivity index (χ1) is 6.18. The third-order valence-electron chi connectivity index (χ3n) is 2.47. The van der Waals surface area contributed by atoms with Gasteiger partial charge in [-0.15, -0.1) is 0 Å². The van der Waals surface area contributed by atoms with Crippen LogP contribution >= 0.6 is 0 Å². The van der Waals surface area contributed by atoms with E-state index in [0.29, 0.717) is 6.42 Å². The van der Waals surface area contributed by atoms with E-state index in [4.69, 9.17) is 5.73 Å². The summed E-state index contributed by atoms with van der Waals surface area (Å²) in [6, 6.07) is 0. The molecule has 0 saturated carbocycles. The fraction of sp³-hybridized carbons (Fsp3) is 0.889. The molecule has 1 unspecified atom stereocenters. The van der Waals surface area contributed by atoms with Crippen LogP contribution in [0.3, 0.4) is 0 Å². The summed E-state index contributed by atoms with van der Waals surface area (Å²) in [4.78, 5) is 12.8. The van der Waals surface area contributed by atoms with Gasteiger partial charge < -0.3 is 16.0 Å². The fourth-order valence-corrected chi connectivity index (χ4v) is 1.71. The highest BCUT2D eigenvalue weighted by atomic mass is 16.1. The van der Waals surface area contributed by atoms with Crippen LogP contribution in [-0.4, -0.2) is 44.0 Å². The van der Waals surface area contributed by atoms with Crippen molar-refractivity contribution >= 4 is 5.91 Å². The number of nitrogens with one attached hydrogen (secondary N) is 1. The van der Waals surface area contributed by atoms with Crippen LogP contribution in [0.25, 0.3) is 0 Å². The lowest BCUT2D eigenvalue weighted by Crippen LogP contribution is -2.28. The summed E-state index contributed by atoms with van der Waals surface area (Å²) in [5.41, 5.74) is 5.02. The van der Waals surface area contributed by atoms with Gasteiger partial charge in [0.05, 0.1) is 0 Å². The Kier molecular flexibility index (Phi) is 4.18. The fourth-order valence-electron chi connectivity index (χ4n) is 1.71. The van der Waals surface area contributed by atoms with Crippen molar-refractivity contribution in [2.24, 2.45) is 11.7 Å². The van der Waals surface area contributed by atoms with Crippen LogP contribution in [0.2, 0.25) is 0 Å². The van der Waals surface area contributed by atoms with Crippen LogP contribution in [0.5, 0.6) is 0 Å². The number of likely N-dealkylation sites (tertiary alicyclic amines) is 1. The molecule has 76 valence electrons. The van der Waals surface area contributed by atoms with Crippen molar-refractivity contribution < 1.29 is 4.79 Å². The average molecular weight is 185 g/mol. The van der Waals surface area contributed by atoms with Crippen LogP contribution in [0, 0.1) is 5.92 Å². The molecule has 0 radical (unpaired) electrons. The van der Waals surface area contributed by atoms with Gasteiger partial charge in [-0.25, -0.2) is 0 Å². The van der Waals surface area contributed by atoms with Crippen molar-refractivity contribution in [3.63, 3.8) is 0 Å². The molecule has 1 saturated heterocycles. The maximum absolute atomic E-state index is 10.4. The first-order valence-corrected chi connectivity index (χ1v) is 4.86. The number of carbonyl (C=O) groups excluding carboxylic acids is 1. The Morgan fingerprint density at radius 1 is 1.69 bits per heavy atom. The lowest BCUT2D eigenvalue weighted by molar-refractivity contribution is -0.117. The summed E-state index contributed by atoms with van der Waals surface area (Å²) in [5, 5.41) is 3.25. The Morgan fingerprint density at radius 3 is 3.00 bits per heavy atom. The molecule has 0 aliphatic carbocycles. The molecular weight excluding hydrogens is 166 g/mol. The quantitative estimate of drug-likeness (QED) is 0.562. The molecule has 1 amide bonds. The van der Waals surface area contributed by atoms with E-state index < -0.39 is 0 Å². The molecule has 0 aromatic rings. The van der Waals surface area contributed by atoms with Gasteiger partial charge in [-0.3, -0.25) is 4.79 Å². The van der Waals surface area contributed by atoms with Crippen molar-refractivity contribution in [1.82, 2.24) is 10.2 Å². The zero-order chi connectivity index (χ0) is 9.68. The predicted molar refractivity (Wildman–Crippen MR) is 52.3 cm³/mol. The Morgan fingerprint density at radius 2 is 2.46 bits per heavy atom. The smallest absolute Gasteiger partial charge is 0.218 e. The third kappa shape index (κ3) is 4.24. The van der Waals surface area contributed by atoms with E-state index in [1.54, 1.807) is 0 Å². The van der Waals surface area contributed by atoms with Gasteiger partial charge in [-0.2, -0.15) is 0 Å². The van der Waals surface area contributed by atoms with Gasteiger partial charge in [0, 0.05) is 19.5 Å². The van der Waals surface area contributed by atoms with Crippen LogP contribution in [0.4, 0.5) is 0 Å². The van der Waals surface area contributed by atoms with Gasteiger partial charge >= 0.3 is 0 Å². The summed E-state index contributed by atoms with van der Waals surface area (Å²) >= 11 is 0. The number of hydrogen-bond acceptors (Lipinski definition) is 3. The van der Waals surface area contributed by atoms with Crippen LogP contribution < -0.4 is 11.1 Å². The Labute approximate surface area is 79.5 Å². The van der Waals surface area contributed by atoms with Crippen molar-refractivity contribution in [2.75, 3.05) is 33.2 Å². The molecule has 1 aliphatic rings. The van der Waals surface area contributed by atoms with Crippen LogP contribution in [0.15, 0.2) is 0 Å². The van der Waals surface area contributed by atoms with Gasteiger partial charge in [0.15, 0.2) is 0 Å². The number of primary amides is 1. The molecule has 4 heteroatoms. The number of nitrogens with zero attached hydrogens (tertiary/aromatic N) is 1. The molecule has 1 rings (SSSR count). The maximum atomic E-state index is 10.4. The van der Waals surface area contributed by atoms with Crippen molar-refractivity contribution in [3.8, 4) is 0 Å². The highest BCUT2D eigenvalue weighted by Gasteiger charge is 2.18. The maximum Gasteiger partial charge on any atom is 0.218 e. The van der Waals surface area contributed by atoms with Crippen molar-refractivity contribution in [1.29, 1.82) is 0 Å². The minimum atomic E-state index is -0.226. The summed E-state index contributed by atoms with van der Waals surface area (Å²) < 4.78 is 0. The number of amides is 1. The molecule has 0 aromatic carbocycles. The Bertz CT molecular complexity index is 172. The molecule has 1 heterocycles. The third-order valence-corrected chi connectivity index (χ3v) is 2.47. The summed E-state index contributed by atoms with van der Waals surface area (Å²) in [6.07, 6.45) is 1.71. The summed E-state index contributed by atoms with van der Waals surface area (Å²) in [5.74, 6) is 0.522. The Balaban J connectivity index is 1.97. The van der Waals surface area contributed by atoms with Gasteiger partial charge in [0.2, 0.25) is 5.91 Å². The number of rotatable bonds is 5. The van der Waals surface area contributed by atoms with Crippen LogP contribution in [0.1, 0.15) is 12.8 Å². The first kappa shape index (κ1) is 10.5. The monoisotopic (exact) mass is 185 g/mol. The van der Waals surface area contributed by atoms with Gasteiger partial charge in [-0.1, -0.05) is 0 Å². The van der Waals surface area contributed by atoms with Gasteiger partial charge in [-0.05, 0) is 32.5 Å². The largest absolute Gasteiger partial charge is 0.370 e. The number of nitrogens with two attached hydrogens (primary N) is 1. The molecular formula is C9H19N3O. The number of hydrogen-bond donors (Lipinski definition) is 2. The SMILES string of the molecule is CN1CCC(CNCCC(N)=O)C1. The van der Waals surface area contributed by atoms with Crippen LogP contribution in [-0.2, 0) is 4.79 Å². The van der Waals surface area contributed by atoms with Crippen molar-refractivity contribution in [2.45, 2.75) is 12.8 Å². The molecule has 1 atom stereocenters. The zero-order valence-corrected chi connectivity index (χ0v) is 8.25. The second-order valence-electron chi connectivity index (χ2n) is 3.84. The molecule has 1 fully saturated rings. The lowest BCUT2D eigenvalue weighted by Gasteiger charge is -2.10. The second-order valence-corrected chi connectivity index (χ2v) is 3.84. The van der Waals surface area contributed by atoms with E-state index in [-0.39, 0.29) is 5.91 Å². The topological polar surface area (TPSA) is 58.4 Å². The molecule has 0 bridgehead atoms. The first-order valence-electron chi connectivity index (χ1n) is 4.86. The standard InChI is InChI=1S/C9H19N3O/c1-12-5-3-8(7-12)6-11-4-2-9(10)13/h8,11H,2-7H2,1H3,(H2,10,13). The van der Waals surface area contributed by atoms with Gasteiger partial charge in [0.25, 0.3) is 0 Å². The van der Waals surface area contributed by atoms with Gasteiger partial charge in [0.1, 0.15) is 0 Å². The van der Waals surface area contributed by atoms with E-state index in [9.17, 15) is 4.79 Å². The average Bonchev–Trinajstić information content (AvgIpc) is 2.45. The minimum Gasteiger partial charge on any atom is -0.370 e. The second kappa shape index (κ2) is 5.19. The minimum absolute atomic E-state index is 0.226. The molecule has 3 N–H and O–H groups in total. The molecule has 0 aromatic heterocycles. The highest BCUT2D eigenvalue weighted by molar-refractivity contribution is 5.73. The highest BCUT2D eigenvalue weighted by Crippen LogP contribution is 2.12. The zero-order valence-electron chi connectivity index (χ0n) is 8.25. The summed E-state index contributed by atoms with van der Waals surface area (Å²) in [7, 11) is 2.14. The molecule has 1 aliphatic heterocycles. The summed E-state index contributed by atoms with van der Waals surface area (Å²) in [6.45, 7) is 4.10. The van der Waals surface area contributed by atoms with Crippen molar-refractivity contribution in [3.05, 3.63) is 0 Å².